The first-order valence-corrected chi connectivity index (χ1v) is 13.1. The predicted octanol–water partition coefficient (Wildman–Crippen LogP) is 4.41. The molecule has 0 unspecified atom stereocenters. The van der Waals surface area contributed by atoms with Gasteiger partial charge >= 0.3 is 0 Å². The summed E-state index contributed by atoms with van der Waals surface area (Å²) >= 11 is 1.64. The van der Waals surface area contributed by atoms with Crippen LogP contribution in [-0.2, 0) is 6.54 Å². The lowest BCUT2D eigenvalue weighted by molar-refractivity contribution is 0.208. The molecule has 0 radical (unpaired) electrons. The summed E-state index contributed by atoms with van der Waals surface area (Å²) in [7, 11) is 3.32. The number of rotatable bonds is 12. The van der Waals surface area contributed by atoms with Crippen molar-refractivity contribution in [1.29, 1.82) is 0 Å². The van der Waals surface area contributed by atoms with E-state index in [1.54, 1.807) is 32.1 Å². The van der Waals surface area contributed by atoms with Gasteiger partial charge in [-0.25, -0.2) is 14.6 Å². The lowest BCUT2D eigenvalue weighted by Crippen LogP contribution is -2.26. The van der Waals surface area contributed by atoms with Crippen molar-refractivity contribution in [2.24, 2.45) is 0 Å². The van der Waals surface area contributed by atoms with Crippen LogP contribution in [0.15, 0.2) is 35.5 Å². The number of unbranched alkanes of at least 4 members (excludes halogenated alkanes) is 1. The fourth-order valence-corrected chi connectivity index (χ4v) is 4.83. The monoisotopic (exact) mass is 498 g/mol. The highest BCUT2D eigenvalue weighted by Gasteiger charge is 2.26. The van der Waals surface area contributed by atoms with Gasteiger partial charge in [0.15, 0.2) is 22.1 Å². The zero-order valence-electron chi connectivity index (χ0n) is 20.8. The topological polar surface area (TPSA) is 98.4 Å². The number of benzene rings is 1. The molecule has 2 atom stereocenters. The van der Waals surface area contributed by atoms with Gasteiger partial charge in [0.05, 0.1) is 26.4 Å². The quantitative estimate of drug-likeness (QED) is 0.221. The van der Waals surface area contributed by atoms with E-state index in [2.05, 4.69) is 29.1 Å². The Morgan fingerprint density at radius 2 is 2.00 bits per heavy atom. The molecule has 188 valence electrons. The summed E-state index contributed by atoms with van der Waals surface area (Å²) in [4.78, 5) is 12.0. The van der Waals surface area contributed by atoms with Gasteiger partial charge in [0.2, 0.25) is 0 Å². The van der Waals surface area contributed by atoms with Gasteiger partial charge in [0, 0.05) is 36.9 Å². The molecule has 2 heterocycles. The van der Waals surface area contributed by atoms with Gasteiger partial charge in [-0.15, -0.1) is 5.10 Å². The number of methoxy groups -OCH3 is 2. The Hall–Kier alpha value is -2.85. The van der Waals surface area contributed by atoms with E-state index < -0.39 is 6.10 Å². The van der Waals surface area contributed by atoms with E-state index >= 15 is 0 Å². The maximum Gasteiger partial charge on any atom is 0.191 e. The number of ether oxygens (including phenoxy) is 2. The first-order chi connectivity index (χ1) is 17.1. The highest BCUT2D eigenvalue weighted by Crippen LogP contribution is 2.33. The molecule has 0 saturated carbocycles. The minimum absolute atomic E-state index is 0.0763. The molecule has 1 aliphatic rings. The molecule has 2 aromatic heterocycles. The van der Waals surface area contributed by atoms with Gasteiger partial charge < -0.3 is 19.5 Å². The molecular weight excluding hydrogens is 464 g/mol. The fourth-order valence-electron chi connectivity index (χ4n) is 4.14. The smallest absolute Gasteiger partial charge is 0.191 e. The van der Waals surface area contributed by atoms with Crippen LogP contribution >= 0.6 is 11.8 Å². The third-order valence-electron chi connectivity index (χ3n) is 6.01. The van der Waals surface area contributed by atoms with Gasteiger partial charge in [-0.3, -0.25) is 0 Å². The third-order valence-corrected chi connectivity index (χ3v) is 7.06. The maximum atomic E-state index is 10.0. The predicted molar refractivity (Wildman–Crippen MR) is 138 cm³/mol. The summed E-state index contributed by atoms with van der Waals surface area (Å²) in [6.45, 7) is 5.74. The van der Waals surface area contributed by atoms with E-state index in [0.717, 1.165) is 54.4 Å². The number of hydrogen-bond donors (Lipinski definition) is 1. The number of aliphatic hydroxyl groups is 1. The van der Waals surface area contributed by atoms with Crippen LogP contribution < -0.4 is 14.4 Å². The van der Waals surface area contributed by atoms with Crippen LogP contribution in [0.4, 0.5) is 5.82 Å². The lowest BCUT2D eigenvalue weighted by atomic mass is 10.1. The number of thioether (sulfide) groups is 1. The number of nitrogens with zero attached hydrogens (tertiary/aromatic N) is 6. The number of anilines is 1. The molecular formula is C25H34N6O3S. The van der Waals surface area contributed by atoms with Crippen LogP contribution in [-0.4, -0.2) is 62.7 Å². The van der Waals surface area contributed by atoms with Gasteiger partial charge in [-0.05, 0) is 25.0 Å². The van der Waals surface area contributed by atoms with Crippen LogP contribution in [0.3, 0.4) is 0 Å². The molecule has 3 aromatic rings. The number of hydrogen-bond acceptors (Lipinski definition) is 9. The second-order valence-corrected chi connectivity index (χ2v) is 9.65. The third kappa shape index (κ3) is 5.70. The molecule has 1 aromatic carbocycles. The van der Waals surface area contributed by atoms with Crippen LogP contribution in [0.5, 0.6) is 11.5 Å². The molecule has 1 N–H and O–H groups in total. The maximum absolute atomic E-state index is 10.0. The minimum Gasteiger partial charge on any atom is -0.497 e. The normalized spacial score (nSPS) is 17.3. The Kier molecular flexibility index (Phi) is 8.46. The first kappa shape index (κ1) is 25.2. The zero-order valence-corrected chi connectivity index (χ0v) is 21.7. The van der Waals surface area contributed by atoms with Crippen LogP contribution in [0, 0.1) is 0 Å². The molecule has 4 rings (SSSR count). The lowest BCUT2D eigenvalue weighted by Gasteiger charge is -2.25. The Morgan fingerprint density at radius 1 is 1.14 bits per heavy atom. The minimum atomic E-state index is -0.474. The summed E-state index contributed by atoms with van der Waals surface area (Å²) < 4.78 is 12.9. The van der Waals surface area contributed by atoms with E-state index in [1.165, 1.54) is 0 Å². The molecule has 10 heteroatoms. The molecule has 0 amide bonds. The van der Waals surface area contributed by atoms with E-state index in [1.807, 2.05) is 29.0 Å². The molecule has 9 nitrogen and oxygen atoms in total. The van der Waals surface area contributed by atoms with Crippen molar-refractivity contribution in [3.63, 3.8) is 0 Å². The summed E-state index contributed by atoms with van der Waals surface area (Å²) in [6.07, 6.45) is 6.95. The number of aliphatic hydroxyl groups excluding tert-OH is 1. The number of fused-ring (bicyclic) bond motifs is 1. The van der Waals surface area contributed by atoms with Crippen molar-refractivity contribution in [1.82, 2.24) is 25.0 Å². The van der Waals surface area contributed by atoms with Crippen LogP contribution in [0.2, 0.25) is 0 Å². The van der Waals surface area contributed by atoms with E-state index in [-0.39, 0.29) is 6.04 Å². The highest BCUT2D eigenvalue weighted by atomic mass is 32.2. The summed E-state index contributed by atoms with van der Waals surface area (Å²) in [5.41, 5.74) is 2.40. The molecule has 0 fully saturated rings. The van der Waals surface area contributed by atoms with E-state index in [9.17, 15) is 5.11 Å². The van der Waals surface area contributed by atoms with Crippen molar-refractivity contribution in [2.75, 3.05) is 31.4 Å². The molecule has 0 saturated heterocycles. The van der Waals surface area contributed by atoms with Crippen LogP contribution in [0.1, 0.15) is 51.1 Å². The van der Waals surface area contributed by atoms with Gasteiger partial charge in [-0.1, -0.05) is 49.4 Å². The SMILES string of the molecule is CCCCN(Cc1ccc(OC)cc1OC)c1nc(SCCC)nc2c1nnn2[C@H]1C=C[C@@H](O)C1. The van der Waals surface area contributed by atoms with Crippen LogP contribution in [0.25, 0.3) is 11.2 Å². The largest absolute Gasteiger partial charge is 0.497 e. The summed E-state index contributed by atoms with van der Waals surface area (Å²) in [5, 5.41) is 19.7. The Balaban J connectivity index is 1.78. The van der Waals surface area contributed by atoms with Crippen molar-refractivity contribution in [3.05, 3.63) is 35.9 Å². The van der Waals surface area contributed by atoms with Crippen molar-refractivity contribution < 1.29 is 14.6 Å². The van der Waals surface area contributed by atoms with Gasteiger partial charge in [0.1, 0.15) is 11.5 Å². The second kappa shape index (κ2) is 11.7. The Bertz CT molecular complexity index is 1170. The Morgan fingerprint density at radius 3 is 2.69 bits per heavy atom. The molecule has 35 heavy (non-hydrogen) atoms. The molecule has 0 bridgehead atoms. The number of allylic oxidation sites excluding steroid dienone is 1. The molecule has 1 aliphatic carbocycles. The number of aromatic nitrogens is 5. The molecule has 0 spiro atoms. The second-order valence-electron chi connectivity index (χ2n) is 8.59. The first-order valence-electron chi connectivity index (χ1n) is 12.2. The van der Waals surface area contributed by atoms with E-state index in [4.69, 9.17) is 19.4 Å². The van der Waals surface area contributed by atoms with Crippen molar-refractivity contribution in [3.8, 4) is 11.5 Å². The average molecular weight is 499 g/mol. The average Bonchev–Trinajstić information content (AvgIpc) is 3.50. The molecule has 0 aliphatic heterocycles. The summed E-state index contributed by atoms with van der Waals surface area (Å²) in [5.74, 6) is 3.22. The Labute approximate surface area is 210 Å². The van der Waals surface area contributed by atoms with Crippen molar-refractivity contribution >= 4 is 28.7 Å². The van der Waals surface area contributed by atoms with Gasteiger partial charge in [-0.2, -0.15) is 0 Å². The zero-order chi connectivity index (χ0) is 24.8. The highest BCUT2D eigenvalue weighted by molar-refractivity contribution is 7.99. The van der Waals surface area contributed by atoms with E-state index in [0.29, 0.717) is 29.3 Å². The fraction of sp³-hybridized carbons (Fsp3) is 0.520. The summed E-state index contributed by atoms with van der Waals surface area (Å²) in [6, 6.07) is 5.80. The standard InChI is InChI=1S/C25H34N6O3S/c1-5-7-12-30(16-17-8-11-20(33-3)15-21(17)34-4)23-22-24(27-25(26-23)35-13-6-2)31(29-28-22)18-9-10-19(32)14-18/h8-11,15,18-19,32H,5-7,12-14,16H2,1-4H3/t18-,19+/m0/s1. The van der Waals surface area contributed by atoms with Crippen molar-refractivity contribution in [2.45, 2.75) is 63.4 Å². The van der Waals surface area contributed by atoms with Gasteiger partial charge in [0.25, 0.3) is 0 Å².